The fraction of sp³-hybridized carbons (Fsp3) is 0. The summed E-state index contributed by atoms with van der Waals surface area (Å²) in [6.07, 6.45) is 0. The number of fused-ring (bicyclic) bond motifs is 3. The molecule has 0 fully saturated rings. The molecule has 0 saturated carbocycles. The molecule has 7 rings (SSSR count). The molecule has 1 N–H and O–H groups in total. The van der Waals surface area contributed by atoms with Crippen molar-refractivity contribution in [1.82, 2.24) is 0 Å². The molecule has 0 spiro atoms. The van der Waals surface area contributed by atoms with Gasteiger partial charge in [-0.05, 0) is 40.5 Å². The summed E-state index contributed by atoms with van der Waals surface area (Å²) in [7, 11) is 0. The van der Waals surface area contributed by atoms with Gasteiger partial charge in [-0.1, -0.05) is 127 Å². The first kappa shape index (κ1) is 23.7. The predicted octanol–water partition coefficient (Wildman–Crippen LogP) is 9.69. The van der Waals surface area contributed by atoms with E-state index in [1.807, 2.05) is 66.7 Å². The lowest BCUT2D eigenvalue weighted by Crippen LogP contribution is -2.02. The molecule has 7 aromatic rings. The molecular weight excluding hydrogens is 490 g/mol. The highest BCUT2D eigenvalue weighted by Gasteiger charge is 2.14. The van der Waals surface area contributed by atoms with Crippen LogP contribution >= 0.6 is 0 Å². The molecule has 1 heterocycles. The molecule has 0 atom stereocenters. The topological polar surface area (TPSA) is 42.2 Å². The summed E-state index contributed by atoms with van der Waals surface area (Å²) in [4.78, 5) is 12.9. The van der Waals surface area contributed by atoms with Gasteiger partial charge in [0.1, 0.15) is 5.58 Å². The molecular formula is C37H25NO2. The number of rotatable bonds is 5. The van der Waals surface area contributed by atoms with Gasteiger partial charge in [0.25, 0.3) is 0 Å². The van der Waals surface area contributed by atoms with Gasteiger partial charge in [0.2, 0.25) is 0 Å². The SMILES string of the molecule is O=c1oc2ccccc2c2ccc(Nc3c(-c4ccccc4)cccc3-c3ccc(-c4ccccc4)cc3)cc12. The number of hydrogen-bond donors (Lipinski definition) is 1. The fourth-order valence-corrected chi connectivity index (χ4v) is 5.36. The third kappa shape index (κ3) is 4.34. The van der Waals surface area contributed by atoms with Crippen LogP contribution in [0.3, 0.4) is 0 Å². The summed E-state index contributed by atoms with van der Waals surface area (Å²) in [5.74, 6) is 0. The molecule has 40 heavy (non-hydrogen) atoms. The van der Waals surface area contributed by atoms with E-state index in [-0.39, 0.29) is 5.63 Å². The zero-order valence-electron chi connectivity index (χ0n) is 21.7. The monoisotopic (exact) mass is 515 g/mol. The molecule has 0 bridgehead atoms. The summed E-state index contributed by atoms with van der Waals surface area (Å²) in [5, 5.41) is 6.03. The molecule has 6 aromatic carbocycles. The van der Waals surface area contributed by atoms with Gasteiger partial charge < -0.3 is 9.73 Å². The van der Waals surface area contributed by atoms with Gasteiger partial charge in [-0.3, -0.25) is 0 Å². The van der Waals surface area contributed by atoms with Crippen molar-refractivity contribution in [1.29, 1.82) is 0 Å². The van der Waals surface area contributed by atoms with Crippen LogP contribution < -0.4 is 10.9 Å². The second-order valence-electron chi connectivity index (χ2n) is 9.81. The second kappa shape index (κ2) is 10.0. The van der Waals surface area contributed by atoms with E-state index in [1.165, 1.54) is 11.1 Å². The second-order valence-corrected chi connectivity index (χ2v) is 9.81. The minimum absolute atomic E-state index is 0.342. The van der Waals surface area contributed by atoms with Crippen molar-refractivity contribution >= 4 is 33.1 Å². The molecule has 1 aromatic heterocycles. The summed E-state index contributed by atoms with van der Waals surface area (Å²) in [5.41, 5.74) is 8.78. The number of nitrogens with one attached hydrogen (secondary N) is 1. The van der Waals surface area contributed by atoms with E-state index in [0.717, 1.165) is 44.4 Å². The van der Waals surface area contributed by atoms with E-state index in [2.05, 4.69) is 84.2 Å². The molecule has 0 aliphatic carbocycles. The van der Waals surface area contributed by atoms with Crippen LogP contribution in [0.4, 0.5) is 11.4 Å². The largest absolute Gasteiger partial charge is 0.422 e. The predicted molar refractivity (Wildman–Crippen MR) is 166 cm³/mol. The van der Waals surface area contributed by atoms with Gasteiger partial charge >= 0.3 is 5.63 Å². The van der Waals surface area contributed by atoms with E-state index in [1.54, 1.807) is 0 Å². The van der Waals surface area contributed by atoms with Crippen molar-refractivity contribution in [2.75, 3.05) is 5.32 Å². The number of anilines is 2. The third-order valence-corrected chi connectivity index (χ3v) is 7.34. The molecule has 3 nitrogen and oxygen atoms in total. The van der Waals surface area contributed by atoms with Crippen LogP contribution in [0.15, 0.2) is 155 Å². The van der Waals surface area contributed by atoms with Gasteiger partial charge in [0, 0.05) is 27.6 Å². The highest BCUT2D eigenvalue weighted by molar-refractivity contribution is 6.05. The highest BCUT2D eigenvalue weighted by atomic mass is 16.4. The van der Waals surface area contributed by atoms with Gasteiger partial charge in [0.15, 0.2) is 0 Å². The van der Waals surface area contributed by atoms with Gasteiger partial charge in [-0.25, -0.2) is 4.79 Å². The molecule has 190 valence electrons. The smallest absolute Gasteiger partial charge is 0.344 e. The van der Waals surface area contributed by atoms with Crippen molar-refractivity contribution < 1.29 is 4.42 Å². The molecule has 0 unspecified atom stereocenters. The quantitative estimate of drug-likeness (QED) is 0.183. The maximum Gasteiger partial charge on any atom is 0.344 e. The van der Waals surface area contributed by atoms with Crippen LogP contribution in [-0.2, 0) is 0 Å². The van der Waals surface area contributed by atoms with Crippen molar-refractivity contribution in [3.05, 3.63) is 156 Å². The van der Waals surface area contributed by atoms with Crippen LogP contribution in [0.1, 0.15) is 0 Å². The maximum absolute atomic E-state index is 12.9. The van der Waals surface area contributed by atoms with Crippen LogP contribution in [0.5, 0.6) is 0 Å². The zero-order valence-corrected chi connectivity index (χ0v) is 21.7. The first-order chi connectivity index (χ1) is 19.7. The summed E-state index contributed by atoms with van der Waals surface area (Å²) in [6.45, 7) is 0. The fourth-order valence-electron chi connectivity index (χ4n) is 5.36. The maximum atomic E-state index is 12.9. The van der Waals surface area contributed by atoms with Gasteiger partial charge in [-0.15, -0.1) is 0 Å². The van der Waals surface area contributed by atoms with Crippen LogP contribution in [0.25, 0.3) is 55.1 Å². The normalized spacial score (nSPS) is 11.1. The average Bonchev–Trinajstić information content (AvgIpc) is 3.02. The van der Waals surface area contributed by atoms with E-state index in [0.29, 0.717) is 11.0 Å². The van der Waals surface area contributed by atoms with Crippen LogP contribution in [0.2, 0.25) is 0 Å². The number of hydrogen-bond acceptors (Lipinski definition) is 3. The lowest BCUT2D eigenvalue weighted by molar-refractivity contribution is 0.569. The zero-order chi connectivity index (χ0) is 26.9. The Balaban J connectivity index is 1.36. The Morgan fingerprint density at radius 2 is 1.02 bits per heavy atom. The minimum atomic E-state index is -0.342. The van der Waals surface area contributed by atoms with Crippen LogP contribution in [-0.4, -0.2) is 0 Å². The Bertz CT molecular complexity index is 2030. The third-order valence-electron chi connectivity index (χ3n) is 7.34. The number of benzene rings is 6. The molecule has 0 saturated heterocycles. The van der Waals surface area contributed by atoms with E-state index in [9.17, 15) is 4.79 Å². The summed E-state index contributed by atoms with van der Waals surface area (Å²) < 4.78 is 5.63. The molecule has 0 aliphatic rings. The van der Waals surface area contributed by atoms with Crippen molar-refractivity contribution in [3.8, 4) is 33.4 Å². The van der Waals surface area contributed by atoms with Gasteiger partial charge in [-0.2, -0.15) is 0 Å². The van der Waals surface area contributed by atoms with Crippen molar-refractivity contribution in [3.63, 3.8) is 0 Å². The molecule has 0 aliphatic heterocycles. The standard InChI is InChI=1S/C37H25NO2/c39-37-34-24-29(22-23-32(34)33-14-7-8-17-35(33)40-37)38-36-30(27-12-5-2-6-13-27)15-9-16-31(36)28-20-18-26(19-21-28)25-10-3-1-4-11-25/h1-24,38H. The first-order valence-electron chi connectivity index (χ1n) is 13.3. The number of para-hydroxylation sites is 2. The lowest BCUT2D eigenvalue weighted by atomic mass is 9.94. The Morgan fingerprint density at radius 1 is 0.450 bits per heavy atom. The van der Waals surface area contributed by atoms with Gasteiger partial charge in [0.05, 0.1) is 11.1 Å². The Morgan fingerprint density at radius 3 is 1.75 bits per heavy atom. The Labute approximate surface area is 232 Å². The minimum Gasteiger partial charge on any atom is -0.422 e. The van der Waals surface area contributed by atoms with E-state index >= 15 is 0 Å². The molecule has 0 amide bonds. The summed E-state index contributed by atoms with van der Waals surface area (Å²) >= 11 is 0. The van der Waals surface area contributed by atoms with E-state index < -0.39 is 0 Å². The Hall–Kier alpha value is -5.41. The lowest BCUT2D eigenvalue weighted by Gasteiger charge is -2.18. The Kier molecular flexibility index (Phi) is 5.95. The highest BCUT2D eigenvalue weighted by Crippen LogP contribution is 2.40. The van der Waals surface area contributed by atoms with Crippen LogP contribution in [0, 0.1) is 0 Å². The van der Waals surface area contributed by atoms with Crippen molar-refractivity contribution in [2.24, 2.45) is 0 Å². The first-order valence-corrected chi connectivity index (χ1v) is 13.3. The molecule has 0 radical (unpaired) electrons. The van der Waals surface area contributed by atoms with Crippen molar-refractivity contribution in [2.45, 2.75) is 0 Å². The van der Waals surface area contributed by atoms with E-state index in [4.69, 9.17) is 4.42 Å². The average molecular weight is 516 g/mol. The summed E-state index contributed by atoms with van der Waals surface area (Å²) in [6, 6.07) is 49.3. The molecule has 3 heteroatoms.